The Morgan fingerprint density at radius 3 is 2.89 bits per heavy atom. The quantitative estimate of drug-likeness (QED) is 0.785. The van der Waals surface area contributed by atoms with E-state index >= 15 is 0 Å². The van der Waals surface area contributed by atoms with Crippen molar-refractivity contribution in [2.24, 2.45) is 0 Å². The van der Waals surface area contributed by atoms with Crippen LogP contribution < -0.4 is 5.32 Å². The van der Waals surface area contributed by atoms with E-state index in [-0.39, 0.29) is 5.91 Å². The number of rotatable bonds is 7. The van der Waals surface area contributed by atoms with Gasteiger partial charge in [0.25, 0.3) is 0 Å². The van der Waals surface area contributed by atoms with E-state index in [0.717, 1.165) is 12.3 Å². The Bertz CT molecular complexity index is 400. The van der Waals surface area contributed by atoms with Gasteiger partial charge in [0.1, 0.15) is 0 Å². The van der Waals surface area contributed by atoms with Gasteiger partial charge in [-0.15, -0.1) is 11.3 Å². The van der Waals surface area contributed by atoms with Crippen LogP contribution in [-0.4, -0.2) is 41.9 Å². The summed E-state index contributed by atoms with van der Waals surface area (Å²) in [7, 11) is 0. The molecule has 5 heteroatoms. The molecule has 1 aliphatic heterocycles. The third-order valence-electron chi connectivity index (χ3n) is 3.24. The van der Waals surface area contributed by atoms with E-state index in [1.165, 1.54) is 35.7 Å². The second kappa shape index (κ2) is 7.92. The van der Waals surface area contributed by atoms with Crippen LogP contribution in [0, 0.1) is 6.92 Å². The number of thioether (sulfide) groups is 1. The van der Waals surface area contributed by atoms with Gasteiger partial charge in [0.2, 0.25) is 5.91 Å². The monoisotopic (exact) mass is 298 g/mol. The second-order valence-corrected chi connectivity index (χ2v) is 7.37. The molecule has 0 aromatic carbocycles. The number of carbonyl (C=O) groups is 1. The van der Waals surface area contributed by atoms with Gasteiger partial charge in [-0.2, -0.15) is 11.8 Å². The maximum Gasteiger partial charge on any atom is 0.230 e. The molecule has 1 saturated heterocycles. The summed E-state index contributed by atoms with van der Waals surface area (Å²) >= 11 is 3.48. The van der Waals surface area contributed by atoms with E-state index in [1.807, 2.05) is 0 Å². The van der Waals surface area contributed by atoms with Crippen LogP contribution in [-0.2, 0) is 11.3 Å². The van der Waals surface area contributed by atoms with Crippen molar-refractivity contribution in [3.8, 4) is 0 Å². The first-order chi connectivity index (χ1) is 9.24. The molecule has 2 heterocycles. The number of nitrogens with one attached hydrogen (secondary N) is 1. The summed E-state index contributed by atoms with van der Waals surface area (Å²) < 4.78 is 0. The average molecular weight is 298 g/mol. The Hall–Kier alpha value is -0.520. The number of thiophene rings is 1. The van der Waals surface area contributed by atoms with Crippen molar-refractivity contribution < 1.29 is 4.79 Å². The smallest absolute Gasteiger partial charge is 0.230 e. The van der Waals surface area contributed by atoms with Crippen LogP contribution in [0.3, 0.4) is 0 Å². The van der Waals surface area contributed by atoms with Crippen LogP contribution in [0.25, 0.3) is 0 Å². The summed E-state index contributed by atoms with van der Waals surface area (Å²) in [6.45, 7) is 6.37. The number of hydrogen-bond acceptors (Lipinski definition) is 4. The van der Waals surface area contributed by atoms with E-state index < -0.39 is 0 Å². The molecule has 0 bridgehead atoms. The molecule has 1 aromatic rings. The minimum atomic E-state index is 0.150. The minimum Gasteiger partial charge on any atom is -0.350 e. The SMILES string of the molecule is Cc1ccc(CNC(=O)CSCCN2CCCC2)s1. The Kier molecular flexibility index (Phi) is 6.20. The van der Waals surface area contributed by atoms with Gasteiger partial charge in [-0.05, 0) is 45.0 Å². The minimum absolute atomic E-state index is 0.150. The lowest BCUT2D eigenvalue weighted by molar-refractivity contribution is -0.118. The molecule has 0 atom stereocenters. The predicted molar refractivity (Wildman–Crippen MR) is 83.9 cm³/mol. The molecule has 2 rings (SSSR count). The zero-order chi connectivity index (χ0) is 13.5. The third kappa shape index (κ3) is 5.55. The van der Waals surface area contributed by atoms with Crippen LogP contribution >= 0.6 is 23.1 Å². The Balaban J connectivity index is 1.52. The molecule has 0 aliphatic carbocycles. The van der Waals surface area contributed by atoms with Crippen LogP contribution in [0.15, 0.2) is 12.1 Å². The maximum atomic E-state index is 11.7. The molecule has 0 spiro atoms. The molecule has 1 fully saturated rings. The zero-order valence-corrected chi connectivity index (χ0v) is 13.1. The Morgan fingerprint density at radius 1 is 1.42 bits per heavy atom. The van der Waals surface area contributed by atoms with Crippen LogP contribution in [0.2, 0.25) is 0 Å². The summed E-state index contributed by atoms with van der Waals surface area (Å²) in [5, 5.41) is 2.98. The number of carbonyl (C=O) groups excluding carboxylic acids is 1. The van der Waals surface area contributed by atoms with Crippen LogP contribution in [0.4, 0.5) is 0 Å². The van der Waals surface area contributed by atoms with Gasteiger partial charge in [-0.25, -0.2) is 0 Å². The van der Waals surface area contributed by atoms with Crippen molar-refractivity contribution in [1.82, 2.24) is 10.2 Å². The highest BCUT2D eigenvalue weighted by molar-refractivity contribution is 7.99. The number of amides is 1. The van der Waals surface area contributed by atoms with Gasteiger partial charge in [0.05, 0.1) is 12.3 Å². The first-order valence-corrected chi connectivity index (χ1v) is 8.83. The third-order valence-corrected chi connectivity index (χ3v) is 5.18. The fourth-order valence-electron chi connectivity index (χ4n) is 2.18. The summed E-state index contributed by atoms with van der Waals surface area (Å²) in [5.74, 6) is 1.79. The first kappa shape index (κ1) is 14.9. The van der Waals surface area contributed by atoms with Crippen molar-refractivity contribution in [3.63, 3.8) is 0 Å². The predicted octanol–water partition coefficient (Wildman–Crippen LogP) is 2.50. The van der Waals surface area contributed by atoms with Crippen molar-refractivity contribution in [3.05, 3.63) is 21.9 Å². The highest BCUT2D eigenvalue weighted by Gasteiger charge is 2.10. The normalized spacial score (nSPS) is 15.8. The van der Waals surface area contributed by atoms with Crippen molar-refractivity contribution in [2.45, 2.75) is 26.3 Å². The van der Waals surface area contributed by atoms with Crippen LogP contribution in [0.1, 0.15) is 22.6 Å². The molecule has 19 heavy (non-hydrogen) atoms. The highest BCUT2D eigenvalue weighted by atomic mass is 32.2. The summed E-state index contributed by atoms with van der Waals surface area (Å²) in [5.41, 5.74) is 0. The van der Waals surface area contributed by atoms with Crippen molar-refractivity contribution >= 4 is 29.0 Å². The molecule has 1 aromatic heterocycles. The molecular weight excluding hydrogens is 276 g/mol. The molecule has 0 saturated carbocycles. The van der Waals surface area contributed by atoms with Gasteiger partial charge in [-0.1, -0.05) is 0 Å². The number of hydrogen-bond donors (Lipinski definition) is 1. The molecule has 1 aliphatic rings. The average Bonchev–Trinajstić information content (AvgIpc) is 3.03. The largest absolute Gasteiger partial charge is 0.350 e. The first-order valence-electron chi connectivity index (χ1n) is 6.86. The highest BCUT2D eigenvalue weighted by Crippen LogP contribution is 2.14. The molecule has 0 radical (unpaired) electrons. The van der Waals surface area contributed by atoms with Gasteiger partial charge in [-0.3, -0.25) is 4.79 Å². The van der Waals surface area contributed by atoms with Gasteiger partial charge < -0.3 is 10.2 Å². The number of likely N-dealkylation sites (tertiary alicyclic amines) is 1. The number of aryl methyl sites for hydroxylation is 1. The van der Waals surface area contributed by atoms with E-state index in [9.17, 15) is 4.79 Å². The van der Waals surface area contributed by atoms with Crippen LogP contribution in [0.5, 0.6) is 0 Å². The molecule has 0 unspecified atom stereocenters. The lowest BCUT2D eigenvalue weighted by Gasteiger charge is -2.13. The topological polar surface area (TPSA) is 32.3 Å². The molecular formula is C14H22N2OS2. The van der Waals surface area contributed by atoms with Gasteiger partial charge in [0.15, 0.2) is 0 Å². The zero-order valence-electron chi connectivity index (χ0n) is 11.5. The Morgan fingerprint density at radius 2 is 2.21 bits per heavy atom. The number of nitrogens with zero attached hydrogens (tertiary/aromatic N) is 1. The lowest BCUT2D eigenvalue weighted by atomic mass is 10.4. The maximum absolute atomic E-state index is 11.7. The van der Waals surface area contributed by atoms with E-state index in [0.29, 0.717) is 12.3 Å². The van der Waals surface area contributed by atoms with E-state index in [1.54, 1.807) is 23.1 Å². The summed E-state index contributed by atoms with van der Waals surface area (Å²) in [6, 6.07) is 4.18. The fourth-order valence-corrected chi connectivity index (χ4v) is 3.83. The van der Waals surface area contributed by atoms with Gasteiger partial charge in [0, 0.05) is 22.1 Å². The lowest BCUT2D eigenvalue weighted by Crippen LogP contribution is -2.26. The molecule has 1 N–H and O–H groups in total. The molecule has 106 valence electrons. The standard InChI is InChI=1S/C14H22N2OS2/c1-12-4-5-13(19-12)10-15-14(17)11-18-9-8-16-6-2-3-7-16/h4-5H,2-3,6-11H2,1H3,(H,15,17). The van der Waals surface area contributed by atoms with Crippen molar-refractivity contribution in [1.29, 1.82) is 0 Å². The second-order valence-electron chi connectivity index (χ2n) is 4.89. The molecule has 1 amide bonds. The van der Waals surface area contributed by atoms with Crippen molar-refractivity contribution in [2.75, 3.05) is 31.1 Å². The summed E-state index contributed by atoms with van der Waals surface area (Å²) in [4.78, 5) is 16.7. The van der Waals surface area contributed by atoms with E-state index in [4.69, 9.17) is 0 Å². The molecule has 3 nitrogen and oxygen atoms in total. The van der Waals surface area contributed by atoms with E-state index in [2.05, 4.69) is 29.3 Å². The fraction of sp³-hybridized carbons (Fsp3) is 0.643. The van der Waals surface area contributed by atoms with Gasteiger partial charge >= 0.3 is 0 Å². The Labute approximate surface area is 123 Å². The summed E-state index contributed by atoms with van der Waals surface area (Å²) in [6.07, 6.45) is 2.68.